The molecule has 1 aromatic rings. The molecule has 2 rings (SSSR count). The normalized spacial score (nSPS) is 21.2. The van der Waals surface area contributed by atoms with Crippen LogP contribution in [0.4, 0.5) is 5.69 Å². The molecule has 0 radical (unpaired) electrons. The lowest BCUT2D eigenvalue weighted by Gasteiger charge is -2.13. The molecule has 6 nitrogen and oxygen atoms in total. The Hall–Kier alpha value is -1.34. The van der Waals surface area contributed by atoms with Gasteiger partial charge in [-0.05, 0) is 25.0 Å². The number of carbonyl (C=O) groups excluding carboxylic acids is 1. The van der Waals surface area contributed by atoms with Crippen molar-refractivity contribution in [2.24, 2.45) is 0 Å². The molecule has 1 fully saturated rings. The van der Waals surface area contributed by atoms with Crippen LogP contribution in [-0.4, -0.2) is 32.9 Å². The molecule has 1 N–H and O–H groups in total. The highest BCUT2D eigenvalue weighted by atomic mass is 35.5. The van der Waals surface area contributed by atoms with Crippen LogP contribution < -0.4 is 5.32 Å². The fraction of sp³-hybridized carbons (Fsp3) is 0.538. The SMILES string of the molecule is CCSC1CCC(NC(=O)c2cc([N+](=O)[O-])cnc2Cl)C1. The summed E-state index contributed by atoms with van der Waals surface area (Å²) in [6.45, 7) is 2.12. The van der Waals surface area contributed by atoms with Gasteiger partial charge in [0.1, 0.15) is 11.3 Å². The quantitative estimate of drug-likeness (QED) is 0.510. The molecule has 1 aliphatic carbocycles. The lowest BCUT2D eigenvalue weighted by atomic mass is 10.2. The minimum atomic E-state index is -0.594. The summed E-state index contributed by atoms with van der Waals surface area (Å²) in [6, 6.07) is 1.26. The first kappa shape index (κ1) is 16.0. The summed E-state index contributed by atoms with van der Waals surface area (Å²) in [4.78, 5) is 26.0. The average Bonchev–Trinajstić information content (AvgIpc) is 2.86. The van der Waals surface area contributed by atoms with E-state index in [1.165, 1.54) is 0 Å². The van der Waals surface area contributed by atoms with Gasteiger partial charge in [-0.1, -0.05) is 18.5 Å². The molecule has 1 heterocycles. The Bertz CT molecular complexity index is 555. The average molecular weight is 330 g/mol. The predicted molar refractivity (Wildman–Crippen MR) is 82.9 cm³/mol. The number of carbonyl (C=O) groups is 1. The highest BCUT2D eigenvalue weighted by molar-refractivity contribution is 7.99. The van der Waals surface area contributed by atoms with Crippen LogP contribution in [0.15, 0.2) is 12.3 Å². The van der Waals surface area contributed by atoms with Gasteiger partial charge < -0.3 is 5.32 Å². The summed E-state index contributed by atoms with van der Waals surface area (Å²) in [5, 5.41) is 14.2. The van der Waals surface area contributed by atoms with E-state index in [0.29, 0.717) is 5.25 Å². The summed E-state index contributed by atoms with van der Waals surface area (Å²) in [5.41, 5.74) is -0.187. The third-order valence-corrected chi connectivity index (χ3v) is 4.94. The van der Waals surface area contributed by atoms with E-state index in [4.69, 9.17) is 11.6 Å². The number of hydrogen-bond donors (Lipinski definition) is 1. The topological polar surface area (TPSA) is 85.1 Å². The Balaban J connectivity index is 2.04. The number of thioether (sulfide) groups is 1. The van der Waals surface area contributed by atoms with Crippen molar-refractivity contribution in [3.8, 4) is 0 Å². The van der Waals surface area contributed by atoms with Crippen LogP contribution in [0.3, 0.4) is 0 Å². The Morgan fingerprint density at radius 3 is 3.05 bits per heavy atom. The van der Waals surface area contributed by atoms with Gasteiger partial charge in [-0.2, -0.15) is 11.8 Å². The molecule has 114 valence electrons. The minimum absolute atomic E-state index is 0.0180. The molecule has 0 spiro atoms. The summed E-state index contributed by atoms with van der Waals surface area (Å²) in [5.74, 6) is 0.662. The van der Waals surface area contributed by atoms with E-state index in [-0.39, 0.29) is 22.4 Å². The van der Waals surface area contributed by atoms with E-state index < -0.39 is 10.8 Å². The number of nitrogens with zero attached hydrogens (tertiary/aromatic N) is 2. The van der Waals surface area contributed by atoms with E-state index >= 15 is 0 Å². The second kappa shape index (κ2) is 7.09. The molecule has 1 saturated carbocycles. The van der Waals surface area contributed by atoms with E-state index in [1.54, 1.807) is 0 Å². The summed E-state index contributed by atoms with van der Waals surface area (Å²) < 4.78 is 0. The van der Waals surface area contributed by atoms with Crippen LogP contribution in [0.2, 0.25) is 5.15 Å². The first-order valence-corrected chi connectivity index (χ1v) is 8.16. The van der Waals surface area contributed by atoms with Crippen LogP contribution in [-0.2, 0) is 0 Å². The van der Waals surface area contributed by atoms with E-state index in [2.05, 4.69) is 17.2 Å². The summed E-state index contributed by atoms with van der Waals surface area (Å²) in [6.07, 6.45) is 3.96. The van der Waals surface area contributed by atoms with Gasteiger partial charge in [-0.25, -0.2) is 4.98 Å². The molecule has 8 heteroatoms. The molecular weight excluding hydrogens is 314 g/mol. The molecule has 0 bridgehead atoms. The van der Waals surface area contributed by atoms with Gasteiger partial charge >= 0.3 is 0 Å². The number of halogens is 1. The molecule has 21 heavy (non-hydrogen) atoms. The van der Waals surface area contributed by atoms with Gasteiger partial charge in [-0.15, -0.1) is 0 Å². The number of aromatic nitrogens is 1. The minimum Gasteiger partial charge on any atom is -0.349 e. The number of amides is 1. The number of nitro groups is 1. The smallest absolute Gasteiger partial charge is 0.288 e. The van der Waals surface area contributed by atoms with Gasteiger partial charge in [0.2, 0.25) is 0 Å². The fourth-order valence-corrected chi connectivity index (χ4v) is 3.75. The number of rotatable bonds is 5. The summed E-state index contributed by atoms with van der Waals surface area (Å²) >= 11 is 7.76. The second-order valence-corrected chi connectivity index (χ2v) is 6.79. The Morgan fingerprint density at radius 1 is 1.62 bits per heavy atom. The van der Waals surface area contributed by atoms with Crippen LogP contribution >= 0.6 is 23.4 Å². The van der Waals surface area contributed by atoms with Crippen molar-refractivity contribution >= 4 is 35.0 Å². The molecule has 0 aromatic carbocycles. The molecule has 2 unspecified atom stereocenters. The summed E-state index contributed by atoms with van der Waals surface area (Å²) in [7, 11) is 0. The van der Waals surface area contributed by atoms with Gasteiger partial charge in [0.05, 0.1) is 10.5 Å². The van der Waals surface area contributed by atoms with Gasteiger partial charge in [0.25, 0.3) is 11.6 Å². The zero-order valence-electron chi connectivity index (χ0n) is 11.5. The largest absolute Gasteiger partial charge is 0.349 e. The van der Waals surface area contributed by atoms with Crippen molar-refractivity contribution in [3.05, 3.63) is 33.1 Å². The Morgan fingerprint density at radius 2 is 2.38 bits per heavy atom. The molecular formula is C13H16ClN3O3S. The second-order valence-electron chi connectivity index (χ2n) is 4.85. The van der Waals surface area contributed by atoms with Crippen LogP contribution in [0.5, 0.6) is 0 Å². The van der Waals surface area contributed by atoms with Gasteiger partial charge in [0.15, 0.2) is 0 Å². The highest BCUT2D eigenvalue weighted by Gasteiger charge is 2.27. The molecule has 1 amide bonds. The van der Waals surface area contributed by atoms with Crippen molar-refractivity contribution in [2.45, 2.75) is 37.5 Å². The first-order chi connectivity index (χ1) is 10.0. The van der Waals surface area contributed by atoms with Crippen molar-refractivity contribution < 1.29 is 9.72 Å². The van der Waals surface area contributed by atoms with Crippen LogP contribution in [0, 0.1) is 10.1 Å². The maximum atomic E-state index is 12.2. The molecule has 0 aliphatic heterocycles. The fourth-order valence-electron chi connectivity index (χ4n) is 2.42. The zero-order chi connectivity index (χ0) is 15.4. The maximum Gasteiger partial charge on any atom is 0.288 e. The standard InChI is InChI=1S/C13H16ClN3O3S/c1-2-21-10-4-3-8(5-10)16-13(18)11-6-9(17(19)20)7-15-12(11)14/h6-8,10H,2-5H2,1H3,(H,16,18). The van der Waals surface area contributed by atoms with Gasteiger partial charge in [-0.3, -0.25) is 14.9 Å². The van der Waals surface area contributed by atoms with Crippen LogP contribution in [0.25, 0.3) is 0 Å². The maximum absolute atomic E-state index is 12.2. The highest BCUT2D eigenvalue weighted by Crippen LogP contribution is 2.30. The van der Waals surface area contributed by atoms with Crippen LogP contribution in [0.1, 0.15) is 36.5 Å². The Kier molecular flexibility index (Phi) is 5.41. The number of hydrogen-bond acceptors (Lipinski definition) is 5. The van der Waals surface area contributed by atoms with Crippen molar-refractivity contribution in [2.75, 3.05) is 5.75 Å². The monoisotopic (exact) mass is 329 g/mol. The lowest BCUT2D eigenvalue weighted by molar-refractivity contribution is -0.385. The van der Waals surface area contributed by atoms with Crippen molar-refractivity contribution in [3.63, 3.8) is 0 Å². The lowest BCUT2D eigenvalue weighted by Crippen LogP contribution is -2.33. The molecule has 2 atom stereocenters. The third kappa shape index (κ3) is 4.07. The molecule has 1 aliphatic rings. The van der Waals surface area contributed by atoms with Crippen molar-refractivity contribution in [1.82, 2.24) is 10.3 Å². The first-order valence-electron chi connectivity index (χ1n) is 6.73. The Labute approximate surface area is 131 Å². The van der Waals surface area contributed by atoms with E-state index in [9.17, 15) is 14.9 Å². The number of pyridine rings is 1. The van der Waals surface area contributed by atoms with Crippen molar-refractivity contribution in [1.29, 1.82) is 0 Å². The molecule has 1 aromatic heterocycles. The predicted octanol–water partition coefficient (Wildman–Crippen LogP) is 3.05. The van der Waals surface area contributed by atoms with E-state index in [1.807, 2.05) is 11.8 Å². The van der Waals surface area contributed by atoms with E-state index in [0.717, 1.165) is 37.3 Å². The number of nitrogens with one attached hydrogen (secondary N) is 1. The third-order valence-electron chi connectivity index (χ3n) is 3.40. The zero-order valence-corrected chi connectivity index (χ0v) is 13.1. The van der Waals surface area contributed by atoms with Gasteiger partial charge in [0, 0.05) is 17.4 Å². The molecule has 0 saturated heterocycles.